The summed E-state index contributed by atoms with van der Waals surface area (Å²) in [7, 11) is 0. The fourth-order valence-electron chi connectivity index (χ4n) is 2.13. The van der Waals surface area contributed by atoms with Crippen molar-refractivity contribution in [1.29, 1.82) is 0 Å². The molecule has 1 atom stereocenters. The molecule has 1 aliphatic heterocycles. The highest BCUT2D eigenvalue weighted by Crippen LogP contribution is 2.29. The summed E-state index contributed by atoms with van der Waals surface area (Å²) in [4.78, 5) is 5.34. The van der Waals surface area contributed by atoms with Crippen LogP contribution in [-0.2, 0) is 0 Å². The molecular formula is C11H18N2S. The lowest BCUT2D eigenvalue weighted by Crippen LogP contribution is -2.30. The van der Waals surface area contributed by atoms with Gasteiger partial charge in [-0.2, -0.15) is 0 Å². The molecule has 78 valence electrons. The average molecular weight is 210 g/mol. The predicted molar refractivity (Wildman–Crippen MR) is 61.7 cm³/mol. The van der Waals surface area contributed by atoms with E-state index >= 15 is 0 Å². The predicted octanol–water partition coefficient (Wildman–Crippen LogP) is 2.15. The largest absolute Gasteiger partial charge is 0.329 e. The van der Waals surface area contributed by atoms with E-state index < -0.39 is 0 Å². The molecule has 1 aliphatic rings. The van der Waals surface area contributed by atoms with Crippen LogP contribution in [0.3, 0.4) is 0 Å². The quantitative estimate of drug-likeness (QED) is 0.828. The smallest absolute Gasteiger partial charge is 0.0564 e. The SMILES string of the molecule is Cc1ccc(C(CN)N2CCCC2)s1. The summed E-state index contributed by atoms with van der Waals surface area (Å²) in [5.41, 5.74) is 5.86. The van der Waals surface area contributed by atoms with E-state index in [1.54, 1.807) is 0 Å². The van der Waals surface area contributed by atoms with E-state index in [1.165, 1.54) is 35.7 Å². The summed E-state index contributed by atoms with van der Waals surface area (Å²) in [6, 6.07) is 4.89. The zero-order valence-corrected chi connectivity index (χ0v) is 9.52. The van der Waals surface area contributed by atoms with Gasteiger partial charge in [0.25, 0.3) is 0 Å². The van der Waals surface area contributed by atoms with Gasteiger partial charge in [0, 0.05) is 16.3 Å². The van der Waals surface area contributed by atoms with Gasteiger partial charge in [-0.15, -0.1) is 11.3 Å². The fraction of sp³-hybridized carbons (Fsp3) is 0.636. The first-order chi connectivity index (χ1) is 6.81. The van der Waals surface area contributed by atoms with E-state index in [-0.39, 0.29) is 0 Å². The second kappa shape index (κ2) is 4.43. The van der Waals surface area contributed by atoms with E-state index in [1.807, 2.05) is 11.3 Å². The maximum absolute atomic E-state index is 5.86. The third-order valence-electron chi connectivity index (χ3n) is 2.89. The van der Waals surface area contributed by atoms with Crippen LogP contribution in [0.15, 0.2) is 12.1 Å². The zero-order chi connectivity index (χ0) is 9.97. The topological polar surface area (TPSA) is 29.3 Å². The van der Waals surface area contributed by atoms with Crippen molar-refractivity contribution in [3.8, 4) is 0 Å². The van der Waals surface area contributed by atoms with Crippen LogP contribution in [0.4, 0.5) is 0 Å². The van der Waals surface area contributed by atoms with Crippen LogP contribution < -0.4 is 5.73 Å². The summed E-state index contributed by atoms with van der Waals surface area (Å²) in [6.07, 6.45) is 2.67. The first kappa shape index (κ1) is 10.1. The van der Waals surface area contributed by atoms with Crippen molar-refractivity contribution < 1.29 is 0 Å². The van der Waals surface area contributed by atoms with Crippen LogP contribution in [0.2, 0.25) is 0 Å². The molecule has 0 aliphatic carbocycles. The Kier molecular flexibility index (Phi) is 3.21. The molecule has 14 heavy (non-hydrogen) atoms. The lowest BCUT2D eigenvalue weighted by molar-refractivity contribution is 0.255. The van der Waals surface area contributed by atoms with Gasteiger partial charge in [0.2, 0.25) is 0 Å². The van der Waals surface area contributed by atoms with Gasteiger partial charge in [-0.25, -0.2) is 0 Å². The van der Waals surface area contributed by atoms with E-state index in [0.29, 0.717) is 6.04 Å². The van der Waals surface area contributed by atoms with Gasteiger partial charge in [0.1, 0.15) is 0 Å². The molecule has 0 amide bonds. The highest BCUT2D eigenvalue weighted by molar-refractivity contribution is 7.12. The Bertz CT molecular complexity index is 289. The minimum atomic E-state index is 0.469. The van der Waals surface area contributed by atoms with Gasteiger partial charge >= 0.3 is 0 Å². The summed E-state index contributed by atoms with van der Waals surface area (Å²) >= 11 is 1.89. The van der Waals surface area contributed by atoms with Crippen molar-refractivity contribution >= 4 is 11.3 Å². The summed E-state index contributed by atoms with van der Waals surface area (Å²) in [5.74, 6) is 0. The van der Waals surface area contributed by atoms with Gasteiger partial charge in [-0.1, -0.05) is 0 Å². The van der Waals surface area contributed by atoms with Gasteiger partial charge in [0.15, 0.2) is 0 Å². The van der Waals surface area contributed by atoms with Crippen molar-refractivity contribution in [1.82, 2.24) is 4.90 Å². The number of likely N-dealkylation sites (tertiary alicyclic amines) is 1. The van der Waals surface area contributed by atoms with Gasteiger partial charge < -0.3 is 5.73 Å². The van der Waals surface area contributed by atoms with Crippen LogP contribution >= 0.6 is 11.3 Å². The zero-order valence-electron chi connectivity index (χ0n) is 8.70. The second-order valence-corrected chi connectivity index (χ2v) is 5.26. The van der Waals surface area contributed by atoms with Crippen LogP contribution in [0.1, 0.15) is 28.6 Å². The molecule has 1 saturated heterocycles. The maximum atomic E-state index is 5.86. The number of nitrogens with two attached hydrogens (primary N) is 1. The summed E-state index contributed by atoms with van der Waals surface area (Å²) in [5, 5.41) is 0. The van der Waals surface area contributed by atoms with Crippen molar-refractivity contribution in [3.05, 3.63) is 21.9 Å². The number of nitrogens with zero attached hydrogens (tertiary/aromatic N) is 1. The first-order valence-electron chi connectivity index (χ1n) is 5.31. The lowest BCUT2D eigenvalue weighted by atomic mass is 10.2. The molecule has 0 bridgehead atoms. The van der Waals surface area contributed by atoms with Crippen LogP contribution in [0.5, 0.6) is 0 Å². The second-order valence-electron chi connectivity index (χ2n) is 3.94. The molecule has 1 fully saturated rings. The van der Waals surface area contributed by atoms with E-state index in [2.05, 4.69) is 24.0 Å². The van der Waals surface area contributed by atoms with E-state index in [4.69, 9.17) is 5.73 Å². The lowest BCUT2D eigenvalue weighted by Gasteiger charge is -2.24. The standard InChI is InChI=1S/C11H18N2S/c1-9-4-5-11(14-9)10(8-12)13-6-2-3-7-13/h4-5,10H,2-3,6-8,12H2,1H3. The normalized spacial score (nSPS) is 20.1. The molecule has 3 heteroatoms. The minimum Gasteiger partial charge on any atom is -0.329 e. The van der Waals surface area contributed by atoms with Crippen molar-refractivity contribution in [2.75, 3.05) is 19.6 Å². The highest BCUT2D eigenvalue weighted by Gasteiger charge is 2.22. The number of hydrogen-bond acceptors (Lipinski definition) is 3. The average Bonchev–Trinajstić information content (AvgIpc) is 2.79. The van der Waals surface area contributed by atoms with Crippen molar-refractivity contribution in [2.24, 2.45) is 5.73 Å². The summed E-state index contributed by atoms with van der Waals surface area (Å²) < 4.78 is 0. The molecule has 0 aromatic carbocycles. The number of aryl methyl sites for hydroxylation is 1. The van der Waals surface area contributed by atoms with Gasteiger partial charge in [-0.3, -0.25) is 4.90 Å². The number of rotatable bonds is 3. The molecule has 1 aromatic heterocycles. The summed E-state index contributed by atoms with van der Waals surface area (Å²) in [6.45, 7) is 5.35. The third-order valence-corrected chi connectivity index (χ3v) is 4.00. The highest BCUT2D eigenvalue weighted by atomic mass is 32.1. The Hall–Kier alpha value is -0.380. The molecule has 2 N–H and O–H groups in total. The molecule has 0 spiro atoms. The molecule has 0 radical (unpaired) electrons. The molecular weight excluding hydrogens is 192 g/mol. The molecule has 2 rings (SSSR count). The maximum Gasteiger partial charge on any atom is 0.0564 e. The third kappa shape index (κ3) is 2.00. The Labute approximate surface area is 89.7 Å². The van der Waals surface area contributed by atoms with Crippen molar-refractivity contribution in [3.63, 3.8) is 0 Å². The van der Waals surface area contributed by atoms with Gasteiger partial charge in [0.05, 0.1) is 6.04 Å². The molecule has 2 nitrogen and oxygen atoms in total. The Balaban J connectivity index is 2.12. The molecule has 2 heterocycles. The monoisotopic (exact) mass is 210 g/mol. The number of thiophene rings is 1. The molecule has 1 aromatic rings. The van der Waals surface area contributed by atoms with Crippen molar-refractivity contribution in [2.45, 2.75) is 25.8 Å². The minimum absolute atomic E-state index is 0.469. The Morgan fingerprint density at radius 3 is 2.64 bits per heavy atom. The Morgan fingerprint density at radius 1 is 1.43 bits per heavy atom. The number of hydrogen-bond donors (Lipinski definition) is 1. The van der Waals surface area contributed by atoms with E-state index in [0.717, 1.165) is 6.54 Å². The fourth-order valence-corrected chi connectivity index (χ4v) is 3.16. The van der Waals surface area contributed by atoms with E-state index in [9.17, 15) is 0 Å². The molecule has 0 saturated carbocycles. The van der Waals surface area contributed by atoms with Gasteiger partial charge in [-0.05, 0) is 45.0 Å². The van der Waals surface area contributed by atoms with Crippen LogP contribution in [0, 0.1) is 6.92 Å². The Morgan fingerprint density at radius 2 is 2.14 bits per heavy atom. The first-order valence-corrected chi connectivity index (χ1v) is 6.13. The molecule has 1 unspecified atom stereocenters. The van der Waals surface area contributed by atoms with Crippen LogP contribution in [0.25, 0.3) is 0 Å². The van der Waals surface area contributed by atoms with Crippen LogP contribution in [-0.4, -0.2) is 24.5 Å².